The lowest BCUT2D eigenvalue weighted by Gasteiger charge is -2.12. The van der Waals surface area contributed by atoms with E-state index in [1.165, 1.54) is 24.8 Å². The Bertz CT molecular complexity index is 1660. The molecule has 0 heterocycles. The summed E-state index contributed by atoms with van der Waals surface area (Å²) < 4.78 is 0. The van der Waals surface area contributed by atoms with Gasteiger partial charge in [-0.1, -0.05) is 53.5 Å². The standard InChI is InChI=1S/C32H26Cl2N4O4S/c1-20(39)35-23-10-12-24(13-11-23)36-29(40)19-43-26-16-14-25(15-17-26)37-32(42)28(18-22-8-5-9-27(33)30(22)34)38-31(41)21-6-3-2-4-7-21/h2-18H,19H2,1H3,(H,35,39)(H,36,40)(H,37,42)(H,38,41)/b28-18-. The van der Waals surface area contributed by atoms with Crippen molar-refractivity contribution in [3.63, 3.8) is 0 Å². The number of benzene rings is 4. The van der Waals surface area contributed by atoms with Gasteiger partial charge >= 0.3 is 0 Å². The molecule has 0 aliphatic heterocycles. The Morgan fingerprint density at radius 1 is 0.721 bits per heavy atom. The van der Waals surface area contributed by atoms with Crippen molar-refractivity contribution in [2.75, 3.05) is 21.7 Å². The van der Waals surface area contributed by atoms with Gasteiger partial charge in [-0.05, 0) is 78.4 Å². The summed E-state index contributed by atoms with van der Waals surface area (Å²) in [5.41, 5.74) is 2.54. The second-order valence-electron chi connectivity index (χ2n) is 9.10. The third-order valence-corrected chi connectivity index (χ3v) is 7.63. The topological polar surface area (TPSA) is 116 Å². The molecule has 0 aliphatic rings. The van der Waals surface area contributed by atoms with Crippen molar-refractivity contribution < 1.29 is 19.2 Å². The molecule has 11 heteroatoms. The highest BCUT2D eigenvalue weighted by atomic mass is 35.5. The molecule has 4 amide bonds. The summed E-state index contributed by atoms with van der Waals surface area (Å²) in [6.45, 7) is 1.42. The number of nitrogens with one attached hydrogen (secondary N) is 4. The van der Waals surface area contributed by atoms with Crippen LogP contribution in [0.25, 0.3) is 6.08 Å². The smallest absolute Gasteiger partial charge is 0.272 e. The summed E-state index contributed by atoms with van der Waals surface area (Å²) in [6, 6.07) is 27.3. The average molecular weight is 634 g/mol. The molecule has 4 rings (SSSR count). The van der Waals surface area contributed by atoms with Gasteiger partial charge in [0.15, 0.2) is 0 Å². The van der Waals surface area contributed by atoms with Crippen LogP contribution in [0.1, 0.15) is 22.8 Å². The first-order chi connectivity index (χ1) is 20.7. The number of carbonyl (C=O) groups excluding carboxylic acids is 4. The van der Waals surface area contributed by atoms with Crippen LogP contribution >= 0.6 is 35.0 Å². The summed E-state index contributed by atoms with van der Waals surface area (Å²) in [5, 5.41) is 11.5. The van der Waals surface area contributed by atoms with Gasteiger partial charge in [-0.25, -0.2) is 0 Å². The van der Waals surface area contributed by atoms with Crippen LogP contribution in [-0.4, -0.2) is 29.4 Å². The summed E-state index contributed by atoms with van der Waals surface area (Å²) in [6.07, 6.45) is 1.46. The minimum absolute atomic E-state index is 0.0294. The lowest BCUT2D eigenvalue weighted by atomic mass is 10.1. The zero-order valence-electron chi connectivity index (χ0n) is 22.8. The largest absolute Gasteiger partial charge is 0.326 e. The van der Waals surface area contributed by atoms with Gasteiger partial charge in [0.2, 0.25) is 11.8 Å². The molecule has 0 saturated carbocycles. The fourth-order valence-corrected chi connectivity index (χ4v) is 4.81. The van der Waals surface area contributed by atoms with E-state index in [1.54, 1.807) is 97.1 Å². The molecule has 218 valence electrons. The fourth-order valence-electron chi connectivity index (χ4n) is 3.75. The van der Waals surface area contributed by atoms with Crippen molar-refractivity contribution in [3.8, 4) is 0 Å². The molecular formula is C32H26Cl2N4O4S. The SMILES string of the molecule is CC(=O)Nc1ccc(NC(=O)CSc2ccc(NC(=O)/C(=C/c3cccc(Cl)c3Cl)NC(=O)c3ccccc3)cc2)cc1. The number of hydrogen-bond acceptors (Lipinski definition) is 5. The summed E-state index contributed by atoms with van der Waals surface area (Å²) in [7, 11) is 0. The molecule has 8 nitrogen and oxygen atoms in total. The Kier molecular flexibility index (Phi) is 11.0. The quantitative estimate of drug-likeness (QED) is 0.110. The summed E-state index contributed by atoms with van der Waals surface area (Å²) in [5.74, 6) is -1.23. The minimum Gasteiger partial charge on any atom is -0.326 e. The highest BCUT2D eigenvalue weighted by Gasteiger charge is 2.16. The van der Waals surface area contributed by atoms with Crippen LogP contribution < -0.4 is 21.3 Å². The fraction of sp³-hybridized carbons (Fsp3) is 0.0625. The Hall–Kier alpha value is -4.57. The maximum atomic E-state index is 13.3. The molecule has 43 heavy (non-hydrogen) atoms. The van der Waals surface area contributed by atoms with Crippen LogP contribution in [0.15, 0.2) is 108 Å². The van der Waals surface area contributed by atoms with Crippen LogP contribution in [0.5, 0.6) is 0 Å². The maximum Gasteiger partial charge on any atom is 0.272 e. The monoisotopic (exact) mass is 632 g/mol. The van der Waals surface area contributed by atoms with E-state index in [0.29, 0.717) is 33.2 Å². The van der Waals surface area contributed by atoms with Gasteiger partial charge in [0, 0.05) is 34.4 Å². The Labute approximate surface area is 262 Å². The highest BCUT2D eigenvalue weighted by molar-refractivity contribution is 8.00. The number of hydrogen-bond donors (Lipinski definition) is 4. The minimum atomic E-state index is -0.565. The molecule has 0 saturated heterocycles. The van der Waals surface area contributed by atoms with Gasteiger partial charge in [0.1, 0.15) is 5.70 Å². The predicted octanol–water partition coefficient (Wildman–Crippen LogP) is 7.09. The predicted molar refractivity (Wildman–Crippen MR) is 174 cm³/mol. The molecule has 0 atom stereocenters. The van der Waals surface area contributed by atoms with Crippen molar-refractivity contribution in [2.24, 2.45) is 0 Å². The van der Waals surface area contributed by atoms with Gasteiger partial charge in [-0.3, -0.25) is 19.2 Å². The zero-order valence-corrected chi connectivity index (χ0v) is 25.1. The Morgan fingerprint density at radius 2 is 1.33 bits per heavy atom. The molecule has 0 aliphatic carbocycles. The van der Waals surface area contributed by atoms with Gasteiger partial charge in [-0.15, -0.1) is 11.8 Å². The van der Waals surface area contributed by atoms with E-state index >= 15 is 0 Å². The summed E-state index contributed by atoms with van der Waals surface area (Å²) >= 11 is 13.8. The zero-order chi connectivity index (χ0) is 30.8. The third-order valence-electron chi connectivity index (χ3n) is 5.78. The number of anilines is 3. The summed E-state index contributed by atoms with van der Waals surface area (Å²) in [4.78, 5) is 50.5. The van der Waals surface area contributed by atoms with Gasteiger partial charge < -0.3 is 21.3 Å². The van der Waals surface area contributed by atoms with E-state index in [-0.39, 0.29) is 28.3 Å². The van der Waals surface area contributed by atoms with Crippen LogP contribution in [0.3, 0.4) is 0 Å². The number of halogens is 2. The average Bonchev–Trinajstić information content (AvgIpc) is 3.00. The lowest BCUT2D eigenvalue weighted by Crippen LogP contribution is -2.30. The lowest BCUT2D eigenvalue weighted by molar-refractivity contribution is -0.114. The van der Waals surface area contributed by atoms with Crippen molar-refractivity contribution in [2.45, 2.75) is 11.8 Å². The molecule has 4 N–H and O–H groups in total. The van der Waals surface area contributed by atoms with E-state index in [2.05, 4.69) is 21.3 Å². The molecule has 4 aromatic carbocycles. The van der Waals surface area contributed by atoms with Crippen molar-refractivity contribution >= 4 is 81.7 Å². The van der Waals surface area contributed by atoms with Crippen LogP contribution in [-0.2, 0) is 14.4 Å². The molecule has 4 aromatic rings. The first-order valence-electron chi connectivity index (χ1n) is 12.9. The molecule has 0 radical (unpaired) electrons. The number of thioether (sulfide) groups is 1. The van der Waals surface area contributed by atoms with Crippen molar-refractivity contribution in [1.29, 1.82) is 0 Å². The van der Waals surface area contributed by atoms with Crippen LogP contribution in [0.4, 0.5) is 17.1 Å². The molecule has 0 unspecified atom stereocenters. The molecule has 0 fully saturated rings. The van der Waals surface area contributed by atoms with E-state index in [9.17, 15) is 19.2 Å². The van der Waals surface area contributed by atoms with Crippen molar-refractivity contribution in [3.05, 3.63) is 124 Å². The maximum absolute atomic E-state index is 13.3. The molecule has 0 aromatic heterocycles. The molecule has 0 bridgehead atoms. The molecular weight excluding hydrogens is 607 g/mol. The second-order valence-corrected chi connectivity index (χ2v) is 10.9. The normalized spacial score (nSPS) is 10.9. The Morgan fingerprint density at radius 3 is 1.98 bits per heavy atom. The van der Waals surface area contributed by atoms with E-state index in [0.717, 1.165) is 4.90 Å². The van der Waals surface area contributed by atoms with E-state index in [1.807, 2.05) is 0 Å². The first kappa shape index (κ1) is 31.4. The third kappa shape index (κ3) is 9.47. The van der Waals surface area contributed by atoms with Gasteiger partial charge in [0.05, 0.1) is 15.8 Å². The first-order valence-corrected chi connectivity index (χ1v) is 14.7. The number of rotatable bonds is 10. The Balaban J connectivity index is 1.39. The second kappa shape index (κ2) is 15.1. The van der Waals surface area contributed by atoms with Gasteiger partial charge in [0.25, 0.3) is 11.8 Å². The van der Waals surface area contributed by atoms with Crippen LogP contribution in [0, 0.1) is 0 Å². The van der Waals surface area contributed by atoms with Crippen LogP contribution in [0.2, 0.25) is 10.0 Å². The van der Waals surface area contributed by atoms with E-state index < -0.39 is 11.8 Å². The van der Waals surface area contributed by atoms with E-state index in [4.69, 9.17) is 23.2 Å². The molecule has 0 spiro atoms. The number of amides is 4. The highest BCUT2D eigenvalue weighted by Crippen LogP contribution is 2.27. The van der Waals surface area contributed by atoms with Crippen molar-refractivity contribution in [1.82, 2.24) is 5.32 Å². The number of carbonyl (C=O) groups is 4. The van der Waals surface area contributed by atoms with Gasteiger partial charge in [-0.2, -0.15) is 0 Å².